The first-order chi connectivity index (χ1) is 12.1. The quantitative estimate of drug-likeness (QED) is 0.813. The number of halogens is 2. The Morgan fingerprint density at radius 3 is 2.76 bits per heavy atom. The molecule has 0 aliphatic carbocycles. The molecule has 5 nitrogen and oxygen atoms in total. The predicted molar refractivity (Wildman–Crippen MR) is 96.7 cm³/mol. The molecule has 0 unspecified atom stereocenters. The second-order valence-corrected chi connectivity index (χ2v) is 6.64. The molecule has 0 N–H and O–H groups in total. The number of rotatable bonds is 5. The Morgan fingerprint density at radius 2 is 2.08 bits per heavy atom. The van der Waals surface area contributed by atoms with E-state index in [0.29, 0.717) is 29.2 Å². The lowest BCUT2D eigenvalue weighted by molar-refractivity contribution is 0.198. The second-order valence-electron chi connectivity index (χ2n) is 6.24. The van der Waals surface area contributed by atoms with Gasteiger partial charge in [-0.3, -0.25) is 4.90 Å². The Hall–Kier alpha value is -1.92. The first-order valence-electron chi connectivity index (χ1n) is 8.33. The zero-order valence-corrected chi connectivity index (χ0v) is 15.2. The smallest absolute Gasteiger partial charge is 0.318 e. The van der Waals surface area contributed by atoms with Crippen LogP contribution in [-0.4, -0.2) is 48.2 Å². The number of anilines is 1. The van der Waals surface area contributed by atoms with E-state index in [-0.39, 0.29) is 5.82 Å². The predicted octanol–water partition coefficient (Wildman–Crippen LogP) is 3.38. The summed E-state index contributed by atoms with van der Waals surface area (Å²) in [5, 5.41) is 0.484. The molecule has 3 rings (SSSR count). The number of aromatic nitrogens is 2. The van der Waals surface area contributed by atoms with E-state index in [9.17, 15) is 4.39 Å². The Balaban J connectivity index is 1.60. The average Bonchev–Trinajstić information content (AvgIpc) is 2.65. The number of methoxy groups -OCH3 is 1. The van der Waals surface area contributed by atoms with Crippen molar-refractivity contribution in [3.63, 3.8) is 0 Å². The minimum absolute atomic E-state index is 0.245. The van der Waals surface area contributed by atoms with Crippen LogP contribution in [0.5, 0.6) is 6.01 Å². The molecule has 1 fully saturated rings. The van der Waals surface area contributed by atoms with Crippen LogP contribution < -0.4 is 9.64 Å². The van der Waals surface area contributed by atoms with Crippen molar-refractivity contribution in [2.75, 3.05) is 32.1 Å². The molecular formula is C18H22ClFN4O. The molecule has 1 saturated heterocycles. The monoisotopic (exact) mass is 364 g/mol. The number of hydrogen-bond acceptors (Lipinski definition) is 5. The molecule has 0 spiro atoms. The van der Waals surface area contributed by atoms with Crippen LogP contribution in [0.15, 0.2) is 30.5 Å². The van der Waals surface area contributed by atoms with Crippen LogP contribution in [0.1, 0.15) is 18.4 Å². The molecule has 25 heavy (non-hydrogen) atoms. The van der Waals surface area contributed by atoms with Crippen molar-refractivity contribution in [2.45, 2.75) is 25.4 Å². The van der Waals surface area contributed by atoms with Gasteiger partial charge in [-0.1, -0.05) is 17.7 Å². The van der Waals surface area contributed by atoms with Gasteiger partial charge in [-0.05, 0) is 38.1 Å². The molecule has 0 saturated carbocycles. The summed E-state index contributed by atoms with van der Waals surface area (Å²) in [7, 11) is 3.59. The topological polar surface area (TPSA) is 41.5 Å². The third kappa shape index (κ3) is 4.19. The molecule has 1 aliphatic rings. The fourth-order valence-electron chi connectivity index (χ4n) is 3.20. The first kappa shape index (κ1) is 17.9. The molecule has 0 atom stereocenters. The zero-order chi connectivity index (χ0) is 17.8. The lowest BCUT2D eigenvalue weighted by Gasteiger charge is -2.37. The summed E-state index contributed by atoms with van der Waals surface area (Å²) in [6.07, 6.45) is 3.67. The fourth-order valence-corrected chi connectivity index (χ4v) is 3.43. The lowest BCUT2D eigenvalue weighted by atomic mass is 10.0. The normalized spacial score (nSPS) is 15.6. The molecule has 0 bridgehead atoms. The van der Waals surface area contributed by atoms with E-state index in [1.54, 1.807) is 25.4 Å². The maximum absolute atomic E-state index is 14.0. The average molecular weight is 365 g/mol. The highest BCUT2D eigenvalue weighted by atomic mass is 35.5. The molecule has 2 heterocycles. The van der Waals surface area contributed by atoms with Gasteiger partial charge >= 0.3 is 6.01 Å². The fraction of sp³-hybridized carbons (Fsp3) is 0.444. The van der Waals surface area contributed by atoms with Crippen LogP contribution in [-0.2, 0) is 6.54 Å². The van der Waals surface area contributed by atoms with Crippen molar-refractivity contribution in [1.29, 1.82) is 0 Å². The maximum atomic E-state index is 14.0. The van der Waals surface area contributed by atoms with Gasteiger partial charge in [0.05, 0.1) is 7.11 Å². The maximum Gasteiger partial charge on any atom is 0.318 e. The summed E-state index contributed by atoms with van der Waals surface area (Å²) in [4.78, 5) is 12.8. The second kappa shape index (κ2) is 7.97. The Bertz CT molecular complexity index is 702. The van der Waals surface area contributed by atoms with E-state index < -0.39 is 0 Å². The highest BCUT2D eigenvalue weighted by Crippen LogP contribution is 2.25. The Kier molecular flexibility index (Phi) is 5.71. The Morgan fingerprint density at radius 1 is 1.32 bits per heavy atom. The van der Waals surface area contributed by atoms with E-state index in [4.69, 9.17) is 16.3 Å². The van der Waals surface area contributed by atoms with Gasteiger partial charge in [0.1, 0.15) is 11.6 Å². The van der Waals surface area contributed by atoms with Gasteiger partial charge in [0.2, 0.25) is 0 Å². The van der Waals surface area contributed by atoms with E-state index in [1.165, 1.54) is 6.07 Å². The standard InChI is InChI=1S/C18H22ClFN4O/c1-23(12-14-15(19)4-3-5-16(14)20)13-7-10-24(11-8-13)17-6-9-21-18(22-17)25-2/h3-6,9,13H,7-8,10-12H2,1-2H3. The van der Waals surface area contributed by atoms with Crippen LogP contribution in [0.3, 0.4) is 0 Å². The third-order valence-electron chi connectivity index (χ3n) is 4.68. The summed E-state index contributed by atoms with van der Waals surface area (Å²) in [5.74, 6) is 0.634. The molecule has 0 amide bonds. The summed E-state index contributed by atoms with van der Waals surface area (Å²) in [6.45, 7) is 2.29. The van der Waals surface area contributed by atoms with Crippen molar-refractivity contribution in [3.05, 3.63) is 46.9 Å². The minimum Gasteiger partial charge on any atom is -0.467 e. The number of ether oxygens (including phenoxy) is 1. The highest BCUT2D eigenvalue weighted by molar-refractivity contribution is 6.31. The molecule has 2 aromatic rings. The van der Waals surface area contributed by atoms with Gasteiger partial charge < -0.3 is 9.64 Å². The minimum atomic E-state index is -0.245. The molecule has 0 radical (unpaired) electrons. The molecule has 1 aromatic carbocycles. The molecule has 1 aromatic heterocycles. The molecule has 7 heteroatoms. The van der Waals surface area contributed by atoms with E-state index >= 15 is 0 Å². The summed E-state index contributed by atoms with van der Waals surface area (Å²) in [6, 6.07) is 7.49. The van der Waals surface area contributed by atoms with Crippen LogP contribution in [0.2, 0.25) is 5.02 Å². The van der Waals surface area contributed by atoms with Gasteiger partial charge in [0.15, 0.2) is 0 Å². The van der Waals surface area contributed by atoms with Gasteiger partial charge in [-0.2, -0.15) is 4.98 Å². The van der Waals surface area contributed by atoms with Gasteiger partial charge in [0, 0.05) is 42.5 Å². The number of benzene rings is 1. The van der Waals surface area contributed by atoms with Crippen molar-refractivity contribution in [3.8, 4) is 6.01 Å². The van der Waals surface area contributed by atoms with E-state index in [1.807, 2.05) is 13.1 Å². The third-order valence-corrected chi connectivity index (χ3v) is 5.04. The van der Waals surface area contributed by atoms with Crippen molar-refractivity contribution in [2.24, 2.45) is 0 Å². The van der Waals surface area contributed by atoms with Gasteiger partial charge in [-0.25, -0.2) is 9.37 Å². The van der Waals surface area contributed by atoms with Crippen LogP contribution in [0, 0.1) is 5.82 Å². The lowest BCUT2D eigenvalue weighted by Crippen LogP contribution is -2.43. The summed E-state index contributed by atoms with van der Waals surface area (Å²) in [5.41, 5.74) is 0.564. The first-order valence-corrected chi connectivity index (χ1v) is 8.71. The van der Waals surface area contributed by atoms with Crippen molar-refractivity contribution in [1.82, 2.24) is 14.9 Å². The summed E-state index contributed by atoms with van der Waals surface area (Å²) >= 11 is 6.14. The number of piperidine rings is 1. The number of nitrogens with zero attached hydrogens (tertiary/aromatic N) is 4. The highest BCUT2D eigenvalue weighted by Gasteiger charge is 2.24. The van der Waals surface area contributed by atoms with E-state index in [2.05, 4.69) is 19.8 Å². The van der Waals surface area contributed by atoms with Gasteiger partial charge in [0.25, 0.3) is 0 Å². The SMILES string of the molecule is COc1nccc(N2CCC(N(C)Cc3c(F)cccc3Cl)CC2)n1. The Labute approximate surface area is 152 Å². The van der Waals surface area contributed by atoms with Crippen LogP contribution in [0.4, 0.5) is 10.2 Å². The summed E-state index contributed by atoms with van der Waals surface area (Å²) < 4.78 is 19.1. The van der Waals surface area contributed by atoms with E-state index in [0.717, 1.165) is 31.7 Å². The van der Waals surface area contributed by atoms with Crippen LogP contribution >= 0.6 is 11.6 Å². The molecular weight excluding hydrogens is 343 g/mol. The number of hydrogen-bond donors (Lipinski definition) is 0. The largest absolute Gasteiger partial charge is 0.467 e. The van der Waals surface area contributed by atoms with Gasteiger partial charge in [-0.15, -0.1) is 0 Å². The molecule has 1 aliphatic heterocycles. The van der Waals surface area contributed by atoms with Crippen molar-refractivity contribution >= 4 is 17.4 Å². The van der Waals surface area contributed by atoms with Crippen molar-refractivity contribution < 1.29 is 9.13 Å². The van der Waals surface area contributed by atoms with Crippen LogP contribution in [0.25, 0.3) is 0 Å². The zero-order valence-electron chi connectivity index (χ0n) is 14.5. The molecule has 134 valence electrons.